The van der Waals surface area contributed by atoms with Crippen LogP contribution in [0.3, 0.4) is 0 Å². The summed E-state index contributed by atoms with van der Waals surface area (Å²) in [5, 5.41) is 7.15. The fourth-order valence-electron chi connectivity index (χ4n) is 3.54. The summed E-state index contributed by atoms with van der Waals surface area (Å²) in [6.07, 6.45) is 0. The largest absolute Gasteiger partial charge is 0.486 e. The normalized spacial score (nSPS) is 15.9. The Morgan fingerprint density at radius 1 is 1.07 bits per heavy atom. The Kier molecular flexibility index (Phi) is 4.33. The maximum atomic E-state index is 12.9. The highest BCUT2D eigenvalue weighted by Gasteiger charge is 2.20. The molecule has 6 heteroatoms. The fraction of sp³-hybridized carbons (Fsp3) is 0.273. The van der Waals surface area contributed by atoms with Crippen LogP contribution in [-0.4, -0.2) is 43.7 Å². The summed E-state index contributed by atoms with van der Waals surface area (Å²) >= 11 is 0. The minimum Gasteiger partial charge on any atom is -0.486 e. The second kappa shape index (κ2) is 7.13. The van der Waals surface area contributed by atoms with Crippen LogP contribution in [0.4, 0.5) is 0 Å². The first-order chi connectivity index (χ1) is 13.8. The average molecular weight is 375 g/mol. The number of ether oxygens (including phenoxy) is 2. The van der Waals surface area contributed by atoms with E-state index in [1.807, 2.05) is 48.5 Å². The van der Waals surface area contributed by atoms with Gasteiger partial charge in [0, 0.05) is 36.5 Å². The van der Waals surface area contributed by atoms with Crippen LogP contribution in [0, 0.1) is 5.92 Å². The molecule has 5 rings (SSSR count). The van der Waals surface area contributed by atoms with Gasteiger partial charge < -0.3 is 20.1 Å². The van der Waals surface area contributed by atoms with Crippen molar-refractivity contribution >= 4 is 16.8 Å². The molecule has 0 atom stereocenters. The molecule has 3 heterocycles. The van der Waals surface area contributed by atoms with Crippen LogP contribution in [0.1, 0.15) is 10.4 Å². The SMILES string of the molecule is O=C(NCC1CNC1)c1cc(-c2ccc3c(c2)OCCO3)nc2ccccc12. The number of aromatic nitrogens is 1. The van der Waals surface area contributed by atoms with Gasteiger partial charge in [0.25, 0.3) is 5.91 Å². The Morgan fingerprint density at radius 2 is 1.89 bits per heavy atom. The molecule has 28 heavy (non-hydrogen) atoms. The molecule has 0 bridgehead atoms. The number of benzene rings is 2. The van der Waals surface area contributed by atoms with Crippen molar-refractivity contribution in [3.63, 3.8) is 0 Å². The van der Waals surface area contributed by atoms with Gasteiger partial charge in [0.2, 0.25) is 0 Å². The number of amides is 1. The Hall–Kier alpha value is -3.12. The molecule has 2 aromatic carbocycles. The number of hydrogen-bond donors (Lipinski definition) is 2. The molecule has 0 saturated carbocycles. The lowest BCUT2D eigenvalue weighted by molar-refractivity contribution is 0.0944. The molecular weight excluding hydrogens is 354 g/mol. The summed E-state index contributed by atoms with van der Waals surface area (Å²) in [5.41, 5.74) is 3.08. The van der Waals surface area contributed by atoms with E-state index in [4.69, 9.17) is 14.5 Å². The number of para-hydroxylation sites is 1. The van der Waals surface area contributed by atoms with Crippen LogP contribution >= 0.6 is 0 Å². The van der Waals surface area contributed by atoms with E-state index in [0.717, 1.165) is 41.0 Å². The molecule has 1 amide bonds. The third-order valence-corrected chi connectivity index (χ3v) is 5.22. The number of carbonyl (C=O) groups excluding carboxylic acids is 1. The zero-order chi connectivity index (χ0) is 18.9. The zero-order valence-corrected chi connectivity index (χ0v) is 15.4. The van der Waals surface area contributed by atoms with Crippen LogP contribution in [-0.2, 0) is 0 Å². The summed E-state index contributed by atoms with van der Waals surface area (Å²) < 4.78 is 11.3. The van der Waals surface area contributed by atoms with Crippen molar-refractivity contribution in [3.8, 4) is 22.8 Å². The van der Waals surface area contributed by atoms with Crippen molar-refractivity contribution < 1.29 is 14.3 Å². The zero-order valence-electron chi connectivity index (χ0n) is 15.4. The third kappa shape index (κ3) is 3.16. The quantitative estimate of drug-likeness (QED) is 0.733. The maximum Gasteiger partial charge on any atom is 0.252 e. The number of carbonyl (C=O) groups is 1. The van der Waals surface area contributed by atoms with Gasteiger partial charge >= 0.3 is 0 Å². The highest BCUT2D eigenvalue weighted by Crippen LogP contribution is 2.35. The molecule has 0 unspecified atom stereocenters. The van der Waals surface area contributed by atoms with Gasteiger partial charge in [-0.25, -0.2) is 4.98 Å². The predicted molar refractivity (Wildman–Crippen MR) is 107 cm³/mol. The lowest BCUT2D eigenvalue weighted by Crippen LogP contribution is -2.48. The number of nitrogens with one attached hydrogen (secondary N) is 2. The molecule has 2 aliphatic heterocycles. The average Bonchev–Trinajstić information content (AvgIpc) is 2.71. The lowest BCUT2D eigenvalue weighted by Gasteiger charge is -2.27. The summed E-state index contributed by atoms with van der Waals surface area (Å²) in [6.45, 7) is 3.69. The minimum atomic E-state index is -0.0655. The fourth-order valence-corrected chi connectivity index (χ4v) is 3.54. The molecule has 1 saturated heterocycles. The van der Waals surface area contributed by atoms with Gasteiger partial charge in [-0.15, -0.1) is 0 Å². The van der Waals surface area contributed by atoms with Gasteiger partial charge in [-0.05, 0) is 30.3 Å². The molecule has 2 N–H and O–H groups in total. The Balaban J connectivity index is 1.53. The van der Waals surface area contributed by atoms with Crippen molar-refractivity contribution in [2.24, 2.45) is 5.92 Å². The second-order valence-corrected chi connectivity index (χ2v) is 7.16. The van der Waals surface area contributed by atoms with E-state index < -0.39 is 0 Å². The van der Waals surface area contributed by atoms with Gasteiger partial charge in [-0.3, -0.25) is 4.79 Å². The van der Waals surface area contributed by atoms with E-state index in [-0.39, 0.29) is 5.91 Å². The van der Waals surface area contributed by atoms with Crippen LogP contribution < -0.4 is 20.1 Å². The molecule has 1 aromatic heterocycles. The Bertz CT molecular complexity index is 1050. The summed E-state index contributed by atoms with van der Waals surface area (Å²) in [7, 11) is 0. The van der Waals surface area contributed by atoms with Gasteiger partial charge in [-0.1, -0.05) is 18.2 Å². The van der Waals surface area contributed by atoms with Gasteiger partial charge in [-0.2, -0.15) is 0 Å². The maximum absolute atomic E-state index is 12.9. The van der Waals surface area contributed by atoms with Gasteiger partial charge in [0.1, 0.15) is 13.2 Å². The molecule has 6 nitrogen and oxygen atoms in total. The molecule has 142 valence electrons. The van der Waals surface area contributed by atoms with Crippen LogP contribution in [0.15, 0.2) is 48.5 Å². The van der Waals surface area contributed by atoms with E-state index in [1.54, 1.807) is 0 Å². The number of hydrogen-bond acceptors (Lipinski definition) is 5. The first-order valence-electron chi connectivity index (χ1n) is 9.57. The topological polar surface area (TPSA) is 72.5 Å². The molecule has 3 aromatic rings. The van der Waals surface area contributed by atoms with Crippen LogP contribution in [0.2, 0.25) is 0 Å². The standard InChI is InChI=1S/C22H21N3O3/c26-22(24-13-14-11-23-12-14)17-10-19(25-18-4-2-1-3-16(17)18)15-5-6-20-21(9-15)28-8-7-27-20/h1-6,9-10,14,23H,7-8,11-13H2,(H,24,26). The first-order valence-corrected chi connectivity index (χ1v) is 9.57. The molecule has 1 fully saturated rings. The lowest BCUT2D eigenvalue weighted by atomic mass is 10.0. The second-order valence-electron chi connectivity index (χ2n) is 7.16. The van der Waals surface area contributed by atoms with Crippen molar-refractivity contribution in [2.75, 3.05) is 32.8 Å². The highest BCUT2D eigenvalue weighted by molar-refractivity contribution is 6.07. The predicted octanol–water partition coefficient (Wildman–Crippen LogP) is 2.62. The first kappa shape index (κ1) is 17.0. The van der Waals surface area contributed by atoms with Crippen molar-refractivity contribution in [2.45, 2.75) is 0 Å². The summed E-state index contributed by atoms with van der Waals surface area (Å²) in [4.78, 5) is 17.7. The number of pyridine rings is 1. The molecule has 0 aliphatic carbocycles. The molecule has 2 aliphatic rings. The number of fused-ring (bicyclic) bond motifs is 2. The van der Waals surface area contributed by atoms with E-state index in [1.165, 1.54) is 0 Å². The van der Waals surface area contributed by atoms with E-state index in [2.05, 4.69) is 10.6 Å². The number of nitrogens with zero attached hydrogens (tertiary/aromatic N) is 1. The van der Waals surface area contributed by atoms with Gasteiger partial charge in [0.15, 0.2) is 11.5 Å². The summed E-state index contributed by atoms with van der Waals surface area (Å²) in [6, 6.07) is 15.4. The van der Waals surface area contributed by atoms with Crippen molar-refractivity contribution in [1.82, 2.24) is 15.6 Å². The van der Waals surface area contributed by atoms with Crippen LogP contribution in [0.25, 0.3) is 22.2 Å². The van der Waals surface area contributed by atoms with E-state index in [0.29, 0.717) is 37.0 Å². The molecular formula is C22H21N3O3. The minimum absolute atomic E-state index is 0.0655. The van der Waals surface area contributed by atoms with E-state index in [9.17, 15) is 4.79 Å². The Morgan fingerprint density at radius 3 is 2.71 bits per heavy atom. The highest BCUT2D eigenvalue weighted by atomic mass is 16.6. The monoisotopic (exact) mass is 375 g/mol. The third-order valence-electron chi connectivity index (χ3n) is 5.22. The van der Waals surface area contributed by atoms with Crippen molar-refractivity contribution in [3.05, 3.63) is 54.1 Å². The summed E-state index contributed by atoms with van der Waals surface area (Å²) in [5.74, 6) is 1.89. The smallest absolute Gasteiger partial charge is 0.252 e. The molecule has 0 spiro atoms. The van der Waals surface area contributed by atoms with E-state index >= 15 is 0 Å². The number of rotatable bonds is 4. The molecule has 0 radical (unpaired) electrons. The van der Waals surface area contributed by atoms with Crippen molar-refractivity contribution in [1.29, 1.82) is 0 Å². The van der Waals surface area contributed by atoms with Gasteiger partial charge in [0.05, 0.1) is 16.8 Å². The Labute approximate surface area is 162 Å². The van der Waals surface area contributed by atoms with Crippen LogP contribution in [0.5, 0.6) is 11.5 Å².